The number of nitrogens with one attached hydrogen (secondary N) is 1. The fourth-order valence-corrected chi connectivity index (χ4v) is 3.76. The summed E-state index contributed by atoms with van der Waals surface area (Å²) in [5.74, 6) is 2.02. The van der Waals surface area contributed by atoms with Crippen molar-refractivity contribution in [2.24, 2.45) is 22.7 Å². The van der Waals surface area contributed by atoms with Gasteiger partial charge in [-0.1, -0.05) is 39.0 Å². The van der Waals surface area contributed by atoms with Crippen LogP contribution in [0.1, 0.15) is 40.0 Å². The average Bonchev–Trinajstić information content (AvgIpc) is 2.89. The van der Waals surface area contributed by atoms with Gasteiger partial charge in [0.1, 0.15) is 6.10 Å². The van der Waals surface area contributed by atoms with E-state index >= 15 is 0 Å². The van der Waals surface area contributed by atoms with Crippen molar-refractivity contribution >= 4 is 22.9 Å². The summed E-state index contributed by atoms with van der Waals surface area (Å²) in [6, 6.07) is 0. The quantitative estimate of drug-likeness (QED) is 0.811. The van der Waals surface area contributed by atoms with E-state index in [1.54, 1.807) is 0 Å². The third kappa shape index (κ3) is 4.40. The van der Waals surface area contributed by atoms with E-state index in [4.69, 9.17) is 4.74 Å². The molecule has 0 aromatic carbocycles. The second-order valence-electron chi connectivity index (χ2n) is 6.26. The van der Waals surface area contributed by atoms with Crippen LogP contribution in [-0.2, 0) is 9.53 Å². The Morgan fingerprint density at radius 1 is 1.50 bits per heavy atom. The maximum Gasteiger partial charge on any atom is 0.316 e. The summed E-state index contributed by atoms with van der Waals surface area (Å²) in [4.78, 5) is 16.3. The Bertz CT molecular complexity index is 371. The van der Waals surface area contributed by atoms with Gasteiger partial charge in [-0.15, -0.1) is 0 Å². The average molecular weight is 298 g/mol. The van der Waals surface area contributed by atoms with Gasteiger partial charge in [0, 0.05) is 6.54 Å². The van der Waals surface area contributed by atoms with Crippen LogP contribution in [0.15, 0.2) is 4.99 Å². The number of nitrogens with zero attached hydrogens (tertiary/aromatic N) is 1. The van der Waals surface area contributed by atoms with Gasteiger partial charge in [0.15, 0.2) is 5.17 Å². The molecule has 3 atom stereocenters. The largest absolute Gasteiger partial charge is 0.461 e. The lowest BCUT2D eigenvalue weighted by Gasteiger charge is -2.36. The monoisotopic (exact) mass is 298 g/mol. The topological polar surface area (TPSA) is 50.7 Å². The number of carbonyl (C=O) groups excluding carboxylic acids is 1. The zero-order chi connectivity index (χ0) is 14.5. The van der Waals surface area contributed by atoms with Gasteiger partial charge in [0.2, 0.25) is 0 Å². The Kier molecular flexibility index (Phi) is 5.75. The molecule has 1 heterocycles. The Morgan fingerprint density at radius 3 is 2.95 bits per heavy atom. The van der Waals surface area contributed by atoms with E-state index in [0.717, 1.165) is 24.7 Å². The summed E-state index contributed by atoms with van der Waals surface area (Å²) in [5, 5.41) is 4.03. The van der Waals surface area contributed by atoms with Crippen molar-refractivity contribution < 1.29 is 9.53 Å². The van der Waals surface area contributed by atoms with E-state index in [0.29, 0.717) is 23.5 Å². The molecule has 4 nitrogen and oxygen atoms in total. The van der Waals surface area contributed by atoms with Crippen molar-refractivity contribution in [1.82, 2.24) is 5.32 Å². The number of aliphatic imine (C=N–C) groups is 1. The van der Waals surface area contributed by atoms with Crippen LogP contribution in [-0.4, -0.2) is 36.1 Å². The maximum absolute atomic E-state index is 12.0. The van der Waals surface area contributed by atoms with Gasteiger partial charge in [-0.05, 0) is 30.6 Å². The highest BCUT2D eigenvalue weighted by Gasteiger charge is 2.33. The van der Waals surface area contributed by atoms with Crippen LogP contribution in [0.4, 0.5) is 0 Å². The van der Waals surface area contributed by atoms with Crippen LogP contribution in [0.25, 0.3) is 0 Å². The summed E-state index contributed by atoms with van der Waals surface area (Å²) in [7, 11) is 0. The van der Waals surface area contributed by atoms with E-state index in [-0.39, 0.29) is 12.1 Å². The van der Waals surface area contributed by atoms with Gasteiger partial charge in [-0.25, -0.2) is 0 Å². The molecule has 1 saturated carbocycles. The molecule has 0 aromatic heterocycles. The van der Waals surface area contributed by atoms with Crippen molar-refractivity contribution in [3.63, 3.8) is 0 Å². The minimum Gasteiger partial charge on any atom is -0.461 e. The SMILES string of the molecule is CC(C)[C@H]1CC[C@H](C)C[C@H]1OC(=O)CSC1=NCCN1. The summed E-state index contributed by atoms with van der Waals surface area (Å²) >= 11 is 1.46. The third-order valence-electron chi connectivity index (χ3n) is 4.21. The summed E-state index contributed by atoms with van der Waals surface area (Å²) < 4.78 is 5.75. The first kappa shape index (κ1) is 15.7. The van der Waals surface area contributed by atoms with Gasteiger partial charge in [-0.2, -0.15) is 0 Å². The number of hydrogen-bond acceptors (Lipinski definition) is 5. The normalized spacial score (nSPS) is 30.0. The van der Waals surface area contributed by atoms with Crippen LogP contribution in [0.2, 0.25) is 0 Å². The predicted molar refractivity (Wildman–Crippen MR) is 84.0 cm³/mol. The zero-order valence-corrected chi connectivity index (χ0v) is 13.5. The van der Waals surface area contributed by atoms with E-state index in [1.807, 2.05) is 0 Å². The third-order valence-corrected chi connectivity index (χ3v) is 5.14. The second kappa shape index (κ2) is 7.34. The molecule has 1 fully saturated rings. The highest BCUT2D eigenvalue weighted by atomic mass is 32.2. The van der Waals surface area contributed by atoms with Gasteiger partial charge in [0.25, 0.3) is 0 Å². The fraction of sp³-hybridized carbons (Fsp3) is 0.867. The van der Waals surface area contributed by atoms with E-state index in [9.17, 15) is 4.79 Å². The van der Waals surface area contributed by atoms with Crippen molar-refractivity contribution in [2.45, 2.75) is 46.1 Å². The molecule has 114 valence electrons. The molecular weight excluding hydrogens is 272 g/mol. The fourth-order valence-electron chi connectivity index (χ4n) is 3.05. The molecule has 2 aliphatic rings. The summed E-state index contributed by atoms with van der Waals surface area (Å²) in [6.07, 6.45) is 3.55. The number of hydrogen-bond donors (Lipinski definition) is 1. The lowest BCUT2D eigenvalue weighted by molar-refractivity contribution is -0.152. The molecule has 1 aliphatic heterocycles. The highest BCUT2D eigenvalue weighted by Crippen LogP contribution is 2.35. The maximum atomic E-state index is 12.0. The lowest BCUT2D eigenvalue weighted by Crippen LogP contribution is -2.36. The van der Waals surface area contributed by atoms with Crippen LogP contribution < -0.4 is 5.32 Å². The number of esters is 1. The van der Waals surface area contributed by atoms with Crippen molar-refractivity contribution in [2.75, 3.05) is 18.8 Å². The van der Waals surface area contributed by atoms with E-state index < -0.39 is 0 Å². The van der Waals surface area contributed by atoms with Crippen LogP contribution >= 0.6 is 11.8 Å². The van der Waals surface area contributed by atoms with Crippen LogP contribution in [0, 0.1) is 17.8 Å². The minimum absolute atomic E-state index is 0.101. The van der Waals surface area contributed by atoms with Gasteiger partial charge in [0.05, 0.1) is 12.3 Å². The highest BCUT2D eigenvalue weighted by molar-refractivity contribution is 8.14. The second-order valence-corrected chi connectivity index (χ2v) is 7.22. The smallest absolute Gasteiger partial charge is 0.316 e. The molecular formula is C15H26N2O2S. The molecule has 20 heavy (non-hydrogen) atoms. The molecule has 0 bridgehead atoms. The number of carbonyl (C=O) groups is 1. The summed E-state index contributed by atoms with van der Waals surface area (Å²) in [6.45, 7) is 8.41. The Labute approximate surface area is 126 Å². The van der Waals surface area contributed by atoms with E-state index in [2.05, 4.69) is 31.1 Å². The Balaban J connectivity index is 1.80. The molecule has 0 spiro atoms. The first-order chi connectivity index (χ1) is 9.56. The van der Waals surface area contributed by atoms with Gasteiger partial charge in [-0.3, -0.25) is 9.79 Å². The Hall–Kier alpha value is -0.710. The molecule has 2 rings (SSSR count). The molecule has 0 amide bonds. The first-order valence-electron chi connectivity index (χ1n) is 7.67. The standard InChI is InChI=1S/C15H26N2O2S/c1-10(2)12-5-4-11(3)8-13(12)19-14(18)9-20-15-16-6-7-17-15/h10-13H,4-9H2,1-3H3,(H,16,17)/t11-,12+,13+/m0/s1. The molecule has 5 heteroatoms. The van der Waals surface area contributed by atoms with E-state index in [1.165, 1.54) is 24.6 Å². The molecule has 0 saturated heterocycles. The number of ether oxygens (including phenoxy) is 1. The van der Waals surface area contributed by atoms with Crippen LogP contribution in [0.3, 0.4) is 0 Å². The minimum atomic E-state index is -0.101. The zero-order valence-electron chi connectivity index (χ0n) is 12.7. The van der Waals surface area contributed by atoms with Crippen molar-refractivity contribution in [3.8, 4) is 0 Å². The van der Waals surface area contributed by atoms with Crippen molar-refractivity contribution in [3.05, 3.63) is 0 Å². The van der Waals surface area contributed by atoms with Crippen LogP contribution in [0.5, 0.6) is 0 Å². The molecule has 1 aliphatic carbocycles. The molecule has 0 radical (unpaired) electrons. The van der Waals surface area contributed by atoms with Gasteiger partial charge < -0.3 is 10.1 Å². The molecule has 0 aromatic rings. The van der Waals surface area contributed by atoms with Crippen molar-refractivity contribution in [1.29, 1.82) is 0 Å². The molecule has 0 unspecified atom stereocenters. The Morgan fingerprint density at radius 2 is 2.30 bits per heavy atom. The number of rotatable bonds is 4. The first-order valence-corrected chi connectivity index (χ1v) is 8.65. The number of thioether (sulfide) groups is 1. The predicted octanol–water partition coefficient (Wildman–Crippen LogP) is 2.68. The van der Waals surface area contributed by atoms with Gasteiger partial charge >= 0.3 is 5.97 Å². The summed E-state index contributed by atoms with van der Waals surface area (Å²) in [5.41, 5.74) is 0. The lowest BCUT2D eigenvalue weighted by atomic mass is 9.75. The number of amidine groups is 1. The molecule has 1 N–H and O–H groups in total.